The Labute approximate surface area is 155 Å². The number of aliphatic imine (C=N–C) groups is 1. The van der Waals surface area contributed by atoms with Crippen LogP contribution in [0.3, 0.4) is 0 Å². The summed E-state index contributed by atoms with van der Waals surface area (Å²) in [7, 11) is 0. The second kappa shape index (κ2) is 9.54. The van der Waals surface area contributed by atoms with Gasteiger partial charge in [0, 0.05) is 31.2 Å². The number of rotatable bonds is 6. The molecule has 0 atom stereocenters. The average molecular weight is 427 g/mol. The minimum atomic E-state index is 0. The van der Waals surface area contributed by atoms with Crippen molar-refractivity contribution in [2.75, 3.05) is 11.9 Å². The average Bonchev–Trinajstić information content (AvgIpc) is 2.82. The molecule has 126 valence electrons. The van der Waals surface area contributed by atoms with Gasteiger partial charge in [-0.3, -0.25) is 4.99 Å². The lowest BCUT2D eigenvalue weighted by Crippen LogP contribution is -2.23. The van der Waals surface area contributed by atoms with Gasteiger partial charge in [-0.05, 0) is 56.9 Å². The highest BCUT2D eigenvalue weighted by Gasteiger charge is 1.98. The Morgan fingerprint density at radius 3 is 2.48 bits per heavy atom. The first-order valence-corrected chi connectivity index (χ1v) is 7.67. The van der Waals surface area contributed by atoms with Gasteiger partial charge in [0.1, 0.15) is 5.82 Å². The summed E-state index contributed by atoms with van der Waals surface area (Å²) in [5, 5.41) is 3.15. The minimum Gasteiger partial charge on any atom is -0.370 e. The zero-order valence-corrected chi connectivity index (χ0v) is 16.4. The Kier molecular flexibility index (Phi) is 8.08. The first-order valence-electron chi connectivity index (χ1n) is 7.67. The number of aryl methyl sites for hydroxylation is 4. The fourth-order valence-electron chi connectivity index (χ4n) is 2.47. The normalized spacial score (nSPS) is 11.2. The van der Waals surface area contributed by atoms with Crippen LogP contribution in [0.25, 0.3) is 0 Å². The van der Waals surface area contributed by atoms with Crippen LogP contribution in [0.15, 0.2) is 35.6 Å². The van der Waals surface area contributed by atoms with Crippen molar-refractivity contribution in [3.63, 3.8) is 0 Å². The Morgan fingerprint density at radius 1 is 1.17 bits per heavy atom. The molecule has 0 aliphatic rings. The van der Waals surface area contributed by atoms with Crippen LogP contribution in [0, 0.1) is 20.8 Å². The van der Waals surface area contributed by atoms with Crippen LogP contribution in [0.5, 0.6) is 0 Å². The molecule has 2 rings (SSSR count). The quantitative estimate of drug-likeness (QED) is 0.320. The molecule has 0 fully saturated rings. The number of guanidine groups is 1. The molecule has 0 bridgehead atoms. The van der Waals surface area contributed by atoms with Crippen molar-refractivity contribution >= 4 is 35.6 Å². The standard InChI is InChI=1S/C17H25N5.HI/c1-13-10-14(2)12-16(11-13)21-17(18)20-6-4-5-8-22-9-7-19-15(22)3;/h7,9-12H,4-6,8H2,1-3H3,(H3,18,20,21);1H. The monoisotopic (exact) mass is 427 g/mol. The van der Waals surface area contributed by atoms with Gasteiger partial charge < -0.3 is 15.6 Å². The molecular weight excluding hydrogens is 401 g/mol. The molecule has 3 N–H and O–H groups in total. The van der Waals surface area contributed by atoms with Crippen molar-refractivity contribution < 1.29 is 0 Å². The van der Waals surface area contributed by atoms with Gasteiger partial charge >= 0.3 is 0 Å². The summed E-state index contributed by atoms with van der Waals surface area (Å²) in [6, 6.07) is 6.27. The van der Waals surface area contributed by atoms with Crippen LogP contribution >= 0.6 is 24.0 Å². The number of hydrogen-bond donors (Lipinski definition) is 2. The third-order valence-corrected chi connectivity index (χ3v) is 3.51. The summed E-state index contributed by atoms with van der Waals surface area (Å²) in [4.78, 5) is 8.59. The van der Waals surface area contributed by atoms with Crippen LogP contribution in [-0.2, 0) is 6.54 Å². The highest BCUT2D eigenvalue weighted by atomic mass is 127. The van der Waals surface area contributed by atoms with E-state index < -0.39 is 0 Å². The Hall–Kier alpha value is -1.57. The van der Waals surface area contributed by atoms with E-state index in [4.69, 9.17) is 5.73 Å². The summed E-state index contributed by atoms with van der Waals surface area (Å²) in [5.74, 6) is 1.53. The van der Waals surface area contributed by atoms with Crippen LogP contribution in [0.4, 0.5) is 5.69 Å². The number of nitrogens with zero attached hydrogens (tertiary/aromatic N) is 3. The molecule has 0 unspecified atom stereocenters. The van der Waals surface area contributed by atoms with E-state index in [1.165, 1.54) is 11.1 Å². The van der Waals surface area contributed by atoms with Gasteiger partial charge in [-0.2, -0.15) is 0 Å². The molecule has 0 aliphatic carbocycles. The molecule has 23 heavy (non-hydrogen) atoms. The number of halogens is 1. The largest absolute Gasteiger partial charge is 0.370 e. The van der Waals surface area contributed by atoms with Crippen LogP contribution in [0.1, 0.15) is 29.8 Å². The third-order valence-electron chi connectivity index (χ3n) is 3.51. The molecule has 0 radical (unpaired) electrons. The second-order valence-electron chi connectivity index (χ2n) is 5.64. The van der Waals surface area contributed by atoms with E-state index in [0.717, 1.165) is 37.4 Å². The summed E-state index contributed by atoms with van der Waals surface area (Å²) < 4.78 is 2.15. The maximum absolute atomic E-state index is 5.93. The van der Waals surface area contributed by atoms with E-state index >= 15 is 0 Å². The minimum absolute atomic E-state index is 0. The van der Waals surface area contributed by atoms with Crippen molar-refractivity contribution in [2.45, 2.75) is 40.2 Å². The molecular formula is C17H26IN5. The molecule has 1 aromatic heterocycles. The van der Waals surface area contributed by atoms with E-state index in [2.05, 4.69) is 51.9 Å². The maximum atomic E-state index is 5.93. The second-order valence-corrected chi connectivity index (χ2v) is 5.64. The van der Waals surface area contributed by atoms with Crippen molar-refractivity contribution in [3.8, 4) is 0 Å². The van der Waals surface area contributed by atoms with Gasteiger partial charge in [0.2, 0.25) is 0 Å². The fourth-order valence-corrected chi connectivity index (χ4v) is 2.47. The third kappa shape index (κ3) is 6.60. The Balaban J connectivity index is 0.00000264. The first-order chi connectivity index (χ1) is 10.5. The SMILES string of the molecule is Cc1cc(C)cc(NC(N)=NCCCCn2ccnc2C)c1.I. The Bertz CT molecular complexity index is 628. The summed E-state index contributed by atoms with van der Waals surface area (Å²) >= 11 is 0. The predicted molar refractivity (Wildman–Crippen MR) is 108 cm³/mol. The number of nitrogens with two attached hydrogens (primary N) is 1. The van der Waals surface area contributed by atoms with Crippen molar-refractivity contribution in [2.24, 2.45) is 10.7 Å². The van der Waals surface area contributed by atoms with E-state index in [0.29, 0.717) is 5.96 Å². The molecule has 0 saturated carbocycles. The van der Waals surface area contributed by atoms with Gasteiger partial charge in [0.15, 0.2) is 5.96 Å². The van der Waals surface area contributed by atoms with Gasteiger partial charge in [0.05, 0.1) is 0 Å². The van der Waals surface area contributed by atoms with Gasteiger partial charge in [-0.1, -0.05) is 6.07 Å². The lowest BCUT2D eigenvalue weighted by molar-refractivity contribution is 0.602. The predicted octanol–water partition coefficient (Wildman–Crippen LogP) is 3.63. The van der Waals surface area contributed by atoms with E-state index in [9.17, 15) is 0 Å². The fraction of sp³-hybridized carbons (Fsp3) is 0.412. The van der Waals surface area contributed by atoms with Gasteiger partial charge in [-0.15, -0.1) is 24.0 Å². The van der Waals surface area contributed by atoms with Crippen LogP contribution in [0.2, 0.25) is 0 Å². The number of nitrogens with one attached hydrogen (secondary N) is 1. The van der Waals surface area contributed by atoms with Gasteiger partial charge in [-0.25, -0.2) is 4.98 Å². The van der Waals surface area contributed by atoms with Crippen molar-refractivity contribution in [3.05, 3.63) is 47.5 Å². The topological polar surface area (TPSA) is 68.2 Å². The van der Waals surface area contributed by atoms with Crippen LogP contribution in [-0.4, -0.2) is 22.1 Å². The number of hydrogen-bond acceptors (Lipinski definition) is 2. The lowest BCUT2D eigenvalue weighted by Gasteiger charge is -2.08. The zero-order chi connectivity index (χ0) is 15.9. The van der Waals surface area contributed by atoms with E-state index in [-0.39, 0.29) is 24.0 Å². The Morgan fingerprint density at radius 2 is 1.87 bits per heavy atom. The molecule has 5 nitrogen and oxygen atoms in total. The molecule has 6 heteroatoms. The highest BCUT2D eigenvalue weighted by molar-refractivity contribution is 14.0. The summed E-state index contributed by atoms with van der Waals surface area (Å²) in [6.07, 6.45) is 5.91. The number of imidazole rings is 1. The number of anilines is 1. The molecule has 0 amide bonds. The smallest absolute Gasteiger partial charge is 0.193 e. The highest BCUT2D eigenvalue weighted by Crippen LogP contribution is 2.13. The number of unbranched alkanes of at least 4 members (excludes halogenated alkanes) is 1. The van der Waals surface area contributed by atoms with E-state index in [1.54, 1.807) is 0 Å². The number of benzene rings is 1. The van der Waals surface area contributed by atoms with E-state index in [1.807, 2.05) is 19.3 Å². The molecule has 2 aromatic rings. The molecule has 1 heterocycles. The molecule has 1 aromatic carbocycles. The van der Waals surface area contributed by atoms with Crippen molar-refractivity contribution in [1.29, 1.82) is 0 Å². The maximum Gasteiger partial charge on any atom is 0.193 e. The molecule has 0 aliphatic heterocycles. The zero-order valence-electron chi connectivity index (χ0n) is 14.0. The summed E-state index contributed by atoms with van der Waals surface area (Å²) in [5.41, 5.74) is 9.35. The van der Waals surface area contributed by atoms with Crippen molar-refractivity contribution in [1.82, 2.24) is 9.55 Å². The first kappa shape index (κ1) is 19.5. The molecule has 0 saturated heterocycles. The lowest BCUT2D eigenvalue weighted by atomic mass is 10.1. The summed E-state index contributed by atoms with van der Waals surface area (Å²) in [6.45, 7) is 7.88. The molecule has 0 spiro atoms. The van der Waals surface area contributed by atoms with Gasteiger partial charge in [0.25, 0.3) is 0 Å². The number of aromatic nitrogens is 2. The van der Waals surface area contributed by atoms with Crippen LogP contribution < -0.4 is 11.1 Å².